The smallest absolute Gasteiger partial charge is 0.345 e. The van der Waals surface area contributed by atoms with Crippen LogP contribution in [0, 0.1) is 0 Å². The van der Waals surface area contributed by atoms with Crippen LogP contribution in [0.4, 0.5) is 9.59 Å². The van der Waals surface area contributed by atoms with Crippen molar-refractivity contribution < 1.29 is 43.5 Å². The van der Waals surface area contributed by atoms with E-state index in [-0.39, 0.29) is 54.7 Å². The molecule has 4 saturated heterocycles. The number of amides is 5. The van der Waals surface area contributed by atoms with E-state index < -0.39 is 18.1 Å². The third-order valence-electron chi connectivity index (χ3n) is 8.46. The second-order valence-electron chi connectivity index (χ2n) is 12.2. The molecule has 4 N–H and O–H groups in total. The summed E-state index contributed by atoms with van der Waals surface area (Å²) in [5.41, 5.74) is 6.78. The predicted molar refractivity (Wildman–Crippen MR) is 175 cm³/mol. The van der Waals surface area contributed by atoms with Crippen LogP contribution in [-0.4, -0.2) is 111 Å². The van der Waals surface area contributed by atoms with Gasteiger partial charge in [0.2, 0.25) is 5.91 Å². The number of carbonyl (C=O) groups is 6. The molecular weight excluding hydrogens is 636 g/mol. The number of nitrogens with zero attached hydrogens (tertiary/aromatic N) is 4. The number of hydroxylamine groups is 4. The number of benzene rings is 2. The molecule has 6 rings (SSSR count). The molecule has 4 heterocycles. The molecule has 0 spiro atoms. The number of carbonyl (C=O) groups excluding carboxylic acids is 5. The lowest BCUT2D eigenvalue weighted by molar-refractivity contribution is -0.143. The van der Waals surface area contributed by atoms with Gasteiger partial charge in [0.25, 0.3) is 0 Å². The quantitative estimate of drug-likeness (QED) is 0.317. The first-order valence-corrected chi connectivity index (χ1v) is 16.2. The SMILES string of the molecule is CC(=O)CN.CC(=O)CNC(=O)[C@@H]1CC[C@@H]2CN1C(=O)N2OCc1ccccc1.O=C(O)[C@@H]1CC[C@@H]2CN1C(=O)N2OCc1ccccc1. The van der Waals surface area contributed by atoms with E-state index in [1.165, 1.54) is 33.8 Å². The van der Waals surface area contributed by atoms with E-state index in [9.17, 15) is 28.8 Å². The molecule has 2 aromatic rings. The fraction of sp³-hybridized carbons (Fsp3) is 0.471. The van der Waals surface area contributed by atoms with E-state index in [4.69, 9.17) is 20.5 Å². The van der Waals surface area contributed by atoms with Crippen LogP contribution in [0.3, 0.4) is 0 Å². The van der Waals surface area contributed by atoms with Crippen LogP contribution in [0.5, 0.6) is 0 Å². The number of piperidine rings is 2. The second kappa shape index (κ2) is 17.5. The number of ketones is 2. The molecule has 15 nitrogen and oxygen atoms in total. The van der Waals surface area contributed by atoms with Gasteiger partial charge in [-0.15, -0.1) is 0 Å². The molecule has 15 heteroatoms. The molecular formula is C34H44N6O9. The molecule has 0 saturated carbocycles. The Bertz CT molecular complexity index is 1480. The van der Waals surface area contributed by atoms with E-state index >= 15 is 0 Å². The van der Waals surface area contributed by atoms with Crippen molar-refractivity contribution in [2.45, 2.75) is 76.9 Å². The Morgan fingerprint density at radius 3 is 1.57 bits per heavy atom. The topological polar surface area (TPSA) is 192 Å². The highest BCUT2D eigenvalue weighted by atomic mass is 16.7. The number of hydrogen-bond acceptors (Lipinski definition) is 9. The van der Waals surface area contributed by atoms with Crippen molar-refractivity contribution in [3.63, 3.8) is 0 Å². The Labute approximate surface area is 284 Å². The van der Waals surface area contributed by atoms with E-state index in [0.717, 1.165) is 11.1 Å². The summed E-state index contributed by atoms with van der Waals surface area (Å²) >= 11 is 0. The molecule has 5 amide bonds. The van der Waals surface area contributed by atoms with Crippen LogP contribution in [0.15, 0.2) is 60.7 Å². The maximum absolute atomic E-state index is 12.5. The second-order valence-corrected chi connectivity index (χ2v) is 12.2. The normalized spacial score (nSPS) is 22.1. The van der Waals surface area contributed by atoms with E-state index in [2.05, 4.69) is 5.32 Å². The Balaban J connectivity index is 0.000000197. The largest absolute Gasteiger partial charge is 0.480 e. The number of nitrogens with one attached hydrogen (secondary N) is 1. The van der Waals surface area contributed by atoms with E-state index in [1.807, 2.05) is 60.7 Å². The van der Waals surface area contributed by atoms with Gasteiger partial charge >= 0.3 is 18.0 Å². The Morgan fingerprint density at radius 1 is 0.735 bits per heavy atom. The van der Waals surface area contributed by atoms with Gasteiger partial charge in [-0.25, -0.2) is 14.4 Å². The van der Waals surface area contributed by atoms with E-state index in [1.54, 1.807) is 0 Å². The standard InChI is InChI=1S/C17H21N3O4.C14H16N2O4.C3H7NO/c1-12(21)9-18-16(22)15-8-7-14-10-19(15)17(23)20(14)24-11-13-5-3-2-4-6-13;17-13(18)12-7-6-11-8-15(12)14(19)16(11)20-9-10-4-2-1-3-5-10;1-3(5)2-4/h2-6,14-15H,7-11H2,1H3,(H,18,22);1-5,11-12H,6-9H2,(H,17,18);2,4H2,1H3/t14-,15+;11-,12+;/m11./s1. The Kier molecular flexibility index (Phi) is 13.2. The van der Waals surface area contributed by atoms with Crippen molar-refractivity contribution in [1.29, 1.82) is 0 Å². The first kappa shape index (κ1) is 37.0. The molecule has 0 unspecified atom stereocenters. The molecule has 264 valence electrons. The van der Waals surface area contributed by atoms with Crippen LogP contribution in [0.25, 0.3) is 0 Å². The van der Waals surface area contributed by atoms with Crippen LogP contribution in [0.2, 0.25) is 0 Å². The number of hydrogen-bond donors (Lipinski definition) is 3. The number of Topliss-reactive ketones (excluding diaryl/α,β-unsaturated/α-hetero) is 2. The highest BCUT2D eigenvalue weighted by molar-refractivity contribution is 5.91. The molecule has 4 aliphatic heterocycles. The summed E-state index contributed by atoms with van der Waals surface area (Å²) in [6.45, 7) is 4.58. The number of aliphatic carboxylic acids is 1. The van der Waals surface area contributed by atoms with Gasteiger partial charge in [-0.1, -0.05) is 60.7 Å². The van der Waals surface area contributed by atoms with Gasteiger partial charge in [0.1, 0.15) is 36.9 Å². The highest BCUT2D eigenvalue weighted by Gasteiger charge is 2.49. The first-order valence-electron chi connectivity index (χ1n) is 16.2. The molecule has 0 aliphatic carbocycles. The van der Waals surface area contributed by atoms with Crippen molar-refractivity contribution in [3.05, 3.63) is 71.8 Å². The average Bonchev–Trinajstić information content (AvgIpc) is 3.49. The van der Waals surface area contributed by atoms with Crippen molar-refractivity contribution in [3.8, 4) is 0 Å². The van der Waals surface area contributed by atoms with Crippen LogP contribution >= 0.6 is 0 Å². The number of rotatable bonds is 11. The van der Waals surface area contributed by atoms with Gasteiger partial charge in [-0.2, -0.15) is 10.1 Å². The van der Waals surface area contributed by atoms with Crippen molar-refractivity contribution in [2.24, 2.45) is 5.73 Å². The van der Waals surface area contributed by atoms with Crippen molar-refractivity contribution in [1.82, 2.24) is 25.2 Å². The number of urea groups is 2. The molecule has 4 bridgehead atoms. The lowest BCUT2D eigenvalue weighted by Crippen LogP contribution is -2.50. The van der Waals surface area contributed by atoms with Gasteiger partial charge in [-0.3, -0.25) is 24.1 Å². The summed E-state index contributed by atoms with van der Waals surface area (Å²) < 4.78 is 0. The third kappa shape index (κ3) is 9.84. The number of fused-ring (bicyclic) bond motifs is 4. The zero-order valence-electron chi connectivity index (χ0n) is 27.7. The fourth-order valence-electron chi connectivity index (χ4n) is 5.89. The highest BCUT2D eigenvalue weighted by Crippen LogP contribution is 2.31. The van der Waals surface area contributed by atoms with Crippen LogP contribution < -0.4 is 11.1 Å². The molecule has 0 aromatic heterocycles. The summed E-state index contributed by atoms with van der Waals surface area (Å²) in [6.07, 6.45) is 2.42. The van der Waals surface area contributed by atoms with Crippen molar-refractivity contribution in [2.75, 3.05) is 26.2 Å². The molecule has 4 fully saturated rings. The van der Waals surface area contributed by atoms with Gasteiger partial charge < -0.3 is 26.0 Å². The first-order chi connectivity index (χ1) is 23.5. The number of carboxylic acids is 1. The minimum atomic E-state index is -0.943. The fourth-order valence-corrected chi connectivity index (χ4v) is 5.89. The summed E-state index contributed by atoms with van der Waals surface area (Å²) in [5, 5.41) is 14.4. The molecule has 49 heavy (non-hydrogen) atoms. The third-order valence-corrected chi connectivity index (χ3v) is 8.46. The summed E-state index contributed by atoms with van der Waals surface area (Å²) in [7, 11) is 0. The minimum Gasteiger partial charge on any atom is -0.480 e. The maximum atomic E-state index is 12.5. The number of carboxylic acid groups (broad SMARTS) is 1. The van der Waals surface area contributed by atoms with Gasteiger partial charge in [0, 0.05) is 13.1 Å². The zero-order chi connectivity index (χ0) is 35.5. The lowest BCUT2D eigenvalue weighted by atomic mass is 10.0. The summed E-state index contributed by atoms with van der Waals surface area (Å²) in [5.74, 6) is -1.30. The Hall–Kier alpha value is -4.86. The van der Waals surface area contributed by atoms with E-state index in [0.29, 0.717) is 52.0 Å². The zero-order valence-corrected chi connectivity index (χ0v) is 27.7. The molecule has 4 aliphatic rings. The lowest BCUT2D eigenvalue weighted by Gasteiger charge is -2.29. The summed E-state index contributed by atoms with van der Waals surface area (Å²) in [6, 6.07) is 17.3. The maximum Gasteiger partial charge on any atom is 0.345 e. The number of nitrogens with two attached hydrogens (primary N) is 1. The molecule has 2 aromatic carbocycles. The summed E-state index contributed by atoms with van der Waals surface area (Å²) in [4.78, 5) is 83.0. The van der Waals surface area contributed by atoms with Crippen LogP contribution in [0.1, 0.15) is 50.7 Å². The average molecular weight is 681 g/mol. The molecule has 4 atom stereocenters. The monoisotopic (exact) mass is 680 g/mol. The van der Waals surface area contributed by atoms with Gasteiger partial charge in [-0.05, 0) is 50.7 Å². The van der Waals surface area contributed by atoms with Crippen LogP contribution in [-0.2, 0) is 42.1 Å². The van der Waals surface area contributed by atoms with Crippen molar-refractivity contribution >= 4 is 35.5 Å². The van der Waals surface area contributed by atoms with Gasteiger partial charge in [0.15, 0.2) is 0 Å². The molecule has 0 radical (unpaired) electrons. The minimum absolute atomic E-state index is 0.00495. The van der Waals surface area contributed by atoms with Gasteiger partial charge in [0.05, 0.1) is 25.2 Å². The predicted octanol–water partition coefficient (Wildman–Crippen LogP) is 2.10. The Morgan fingerprint density at radius 2 is 1.16 bits per heavy atom.